The summed E-state index contributed by atoms with van der Waals surface area (Å²) in [7, 11) is 1.61. The number of carboxylic acid groups (broad SMARTS) is 1. The molecule has 2 N–H and O–H groups in total. The number of methoxy groups -OCH3 is 1. The summed E-state index contributed by atoms with van der Waals surface area (Å²) >= 11 is 0. The van der Waals surface area contributed by atoms with E-state index in [9.17, 15) is 19.5 Å². The van der Waals surface area contributed by atoms with Crippen molar-refractivity contribution in [1.29, 1.82) is 0 Å². The molecule has 5 rings (SSSR count). The molecule has 220 valence electrons. The highest BCUT2D eigenvalue weighted by molar-refractivity contribution is 5.91. The molecule has 1 aliphatic carbocycles. The van der Waals surface area contributed by atoms with Gasteiger partial charge in [0.25, 0.3) is 0 Å². The number of hydrogen-bond donors (Lipinski definition) is 2. The number of aromatic nitrogens is 1. The minimum Gasteiger partial charge on any atom is -0.496 e. The van der Waals surface area contributed by atoms with E-state index in [2.05, 4.69) is 10.3 Å². The zero-order valence-corrected chi connectivity index (χ0v) is 23.9. The third-order valence-corrected chi connectivity index (χ3v) is 8.41. The number of nitrogens with one attached hydrogen (secondary N) is 1. The van der Waals surface area contributed by atoms with Crippen LogP contribution in [0.1, 0.15) is 64.4 Å². The molecule has 0 radical (unpaired) electrons. The molecule has 4 bridgehead atoms. The first kappa shape index (κ1) is 28.7. The van der Waals surface area contributed by atoms with Gasteiger partial charge in [-0.2, -0.15) is 0 Å². The lowest BCUT2D eigenvalue weighted by molar-refractivity contribution is -0.149. The molecule has 10 nitrogen and oxygen atoms in total. The van der Waals surface area contributed by atoms with Gasteiger partial charge in [-0.3, -0.25) is 4.79 Å². The maximum Gasteiger partial charge on any atom is 0.407 e. The number of carbonyl (C=O) groups is 3. The van der Waals surface area contributed by atoms with Gasteiger partial charge in [0.05, 0.1) is 20.3 Å². The molecule has 41 heavy (non-hydrogen) atoms. The number of alkyl carbamates (subject to hydrolysis) is 1. The van der Waals surface area contributed by atoms with Crippen molar-refractivity contribution in [2.24, 2.45) is 11.3 Å². The van der Waals surface area contributed by atoms with Crippen LogP contribution in [0.25, 0.3) is 16.8 Å². The van der Waals surface area contributed by atoms with E-state index in [-0.39, 0.29) is 30.9 Å². The zero-order valence-electron chi connectivity index (χ0n) is 23.9. The highest BCUT2D eigenvalue weighted by atomic mass is 16.5. The molecule has 3 aliphatic rings. The maximum atomic E-state index is 14.0. The number of cyclic esters (lactones) is 1. The summed E-state index contributed by atoms with van der Waals surface area (Å²) in [6.07, 6.45) is 9.66. The molecule has 2 amide bonds. The number of pyridine rings is 1. The van der Waals surface area contributed by atoms with E-state index < -0.39 is 36.2 Å². The Morgan fingerprint density at radius 3 is 2.71 bits per heavy atom. The average Bonchev–Trinajstić information content (AvgIpc) is 3.38. The number of amides is 2. The van der Waals surface area contributed by atoms with Crippen molar-refractivity contribution in [2.45, 2.75) is 77.0 Å². The van der Waals surface area contributed by atoms with Gasteiger partial charge < -0.3 is 29.5 Å². The summed E-state index contributed by atoms with van der Waals surface area (Å²) in [4.78, 5) is 45.1. The largest absolute Gasteiger partial charge is 0.496 e. The standard InChI is InChI=1S/C31H39N3O7/c1-31(2)12-7-10-21-14-23-20(15-25(21)39-3)11-13-32-27(23)41-22-16-24(29(36)37)34(17-22)28(35)26(33-30(38)40-18-31)19-8-5-4-6-9-19/h7,10-11,13-15,19,22,24,26H,4-6,8-9,12,16-18H2,1-3H3,(H,33,38)(H,36,37)/b10-7+/t22-,24+,26+/m1/s1. The average molecular weight is 566 g/mol. The number of benzene rings is 1. The zero-order chi connectivity index (χ0) is 29.1. The molecular weight excluding hydrogens is 526 g/mol. The van der Waals surface area contributed by atoms with Crippen molar-refractivity contribution < 1.29 is 33.7 Å². The van der Waals surface area contributed by atoms with E-state index in [0.29, 0.717) is 18.1 Å². The second-order valence-electron chi connectivity index (χ2n) is 12.1. The molecule has 1 saturated carbocycles. The van der Waals surface area contributed by atoms with Crippen molar-refractivity contribution in [3.8, 4) is 11.6 Å². The first-order valence-electron chi connectivity index (χ1n) is 14.4. The van der Waals surface area contributed by atoms with E-state index in [1.54, 1.807) is 13.3 Å². The second kappa shape index (κ2) is 12.0. The van der Waals surface area contributed by atoms with E-state index in [0.717, 1.165) is 48.4 Å². The Morgan fingerprint density at radius 2 is 1.98 bits per heavy atom. The summed E-state index contributed by atoms with van der Waals surface area (Å²) in [5.74, 6) is -0.548. The molecule has 2 fully saturated rings. The maximum absolute atomic E-state index is 14.0. The Labute approximate surface area is 240 Å². The molecule has 3 atom stereocenters. The van der Waals surface area contributed by atoms with E-state index in [1.165, 1.54) is 4.90 Å². The fourth-order valence-electron chi connectivity index (χ4n) is 6.13. The Bertz CT molecular complexity index is 1330. The summed E-state index contributed by atoms with van der Waals surface area (Å²) in [5, 5.41) is 14.5. The van der Waals surface area contributed by atoms with Crippen molar-refractivity contribution in [2.75, 3.05) is 20.3 Å². The number of nitrogens with zero attached hydrogens (tertiary/aromatic N) is 2. The van der Waals surface area contributed by atoms with Crippen LogP contribution in [0.3, 0.4) is 0 Å². The number of aliphatic carboxylic acids is 1. The molecule has 1 aromatic carbocycles. The smallest absolute Gasteiger partial charge is 0.407 e. The van der Waals surface area contributed by atoms with Crippen molar-refractivity contribution in [3.63, 3.8) is 0 Å². The number of fused-ring (bicyclic) bond motifs is 3. The normalized spacial score (nSPS) is 26.4. The van der Waals surface area contributed by atoms with Gasteiger partial charge >= 0.3 is 12.1 Å². The lowest BCUT2D eigenvalue weighted by Gasteiger charge is -2.34. The number of carbonyl (C=O) groups excluding carboxylic acids is 2. The molecule has 1 saturated heterocycles. The number of carboxylic acids is 1. The Hall–Kier alpha value is -3.82. The van der Waals surface area contributed by atoms with Crippen LogP contribution >= 0.6 is 0 Å². The Morgan fingerprint density at radius 1 is 1.20 bits per heavy atom. The predicted molar refractivity (Wildman–Crippen MR) is 153 cm³/mol. The fourth-order valence-corrected chi connectivity index (χ4v) is 6.13. The summed E-state index contributed by atoms with van der Waals surface area (Å²) in [6, 6.07) is 3.78. The van der Waals surface area contributed by atoms with Crippen molar-refractivity contribution >= 4 is 34.8 Å². The van der Waals surface area contributed by atoms with Crippen LogP contribution in [-0.2, 0) is 14.3 Å². The van der Waals surface area contributed by atoms with Crippen LogP contribution in [0, 0.1) is 11.3 Å². The summed E-state index contributed by atoms with van der Waals surface area (Å²) < 4.78 is 17.6. The van der Waals surface area contributed by atoms with E-state index >= 15 is 0 Å². The van der Waals surface area contributed by atoms with Gasteiger partial charge in [0.1, 0.15) is 23.9 Å². The minimum absolute atomic E-state index is 0.0732. The number of rotatable bonds is 3. The Balaban J connectivity index is 1.54. The van der Waals surface area contributed by atoms with Crippen LogP contribution in [0.15, 0.2) is 30.5 Å². The quantitative estimate of drug-likeness (QED) is 0.544. The molecule has 0 spiro atoms. The first-order chi connectivity index (χ1) is 19.6. The molecule has 0 unspecified atom stereocenters. The molecule has 10 heteroatoms. The van der Waals surface area contributed by atoms with Crippen LogP contribution in [0.2, 0.25) is 0 Å². The Kier molecular flexibility index (Phi) is 8.37. The monoisotopic (exact) mass is 565 g/mol. The molecule has 2 aliphatic heterocycles. The van der Waals surface area contributed by atoms with Gasteiger partial charge in [0.2, 0.25) is 11.8 Å². The summed E-state index contributed by atoms with van der Waals surface area (Å²) in [5.41, 5.74) is 0.454. The van der Waals surface area contributed by atoms with Gasteiger partial charge in [-0.15, -0.1) is 0 Å². The number of allylic oxidation sites excluding steroid dienone is 1. The topological polar surface area (TPSA) is 127 Å². The van der Waals surface area contributed by atoms with Crippen molar-refractivity contribution in [3.05, 3.63) is 36.0 Å². The van der Waals surface area contributed by atoms with Gasteiger partial charge in [-0.25, -0.2) is 14.6 Å². The SMILES string of the molecule is COc1cc2ccnc3c2cc1/C=C/CC(C)(C)COC(=O)N[C@@H](C1CCCCC1)C(=O)N1C[C@@H](C[C@H]1C(=O)O)O3. The van der Waals surface area contributed by atoms with Crippen LogP contribution in [0.5, 0.6) is 11.6 Å². The number of ether oxygens (including phenoxy) is 3. The van der Waals surface area contributed by atoms with Crippen LogP contribution in [-0.4, -0.2) is 71.4 Å². The third kappa shape index (κ3) is 6.41. The van der Waals surface area contributed by atoms with Crippen LogP contribution in [0.4, 0.5) is 4.79 Å². The van der Waals surface area contributed by atoms with Gasteiger partial charge in [0, 0.05) is 29.0 Å². The first-order valence-corrected chi connectivity index (χ1v) is 14.4. The van der Waals surface area contributed by atoms with Crippen molar-refractivity contribution in [1.82, 2.24) is 15.2 Å². The van der Waals surface area contributed by atoms with Crippen LogP contribution < -0.4 is 14.8 Å². The van der Waals surface area contributed by atoms with Gasteiger partial charge in [0.15, 0.2) is 0 Å². The highest BCUT2D eigenvalue weighted by Crippen LogP contribution is 2.35. The molecule has 1 aromatic heterocycles. The summed E-state index contributed by atoms with van der Waals surface area (Å²) in [6.45, 7) is 4.23. The number of hydrogen-bond acceptors (Lipinski definition) is 7. The predicted octanol–water partition coefficient (Wildman–Crippen LogP) is 4.79. The lowest BCUT2D eigenvalue weighted by Crippen LogP contribution is -2.55. The third-order valence-electron chi connectivity index (χ3n) is 8.41. The highest BCUT2D eigenvalue weighted by Gasteiger charge is 2.45. The fraction of sp³-hybridized carbons (Fsp3) is 0.548. The van der Waals surface area contributed by atoms with E-state index in [4.69, 9.17) is 14.2 Å². The molecular formula is C31H39N3O7. The molecule has 3 heterocycles. The minimum atomic E-state index is -1.11. The van der Waals surface area contributed by atoms with Gasteiger partial charge in [-0.1, -0.05) is 45.3 Å². The van der Waals surface area contributed by atoms with E-state index in [1.807, 2.05) is 44.2 Å². The second-order valence-corrected chi connectivity index (χ2v) is 12.1. The molecule has 2 aromatic rings. The lowest BCUT2D eigenvalue weighted by atomic mass is 9.83. The van der Waals surface area contributed by atoms with Gasteiger partial charge in [-0.05, 0) is 48.8 Å².